The lowest BCUT2D eigenvalue weighted by atomic mass is 10.0. The van der Waals surface area contributed by atoms with Crippen molar-refractivity contribution in [2.24, 2.45) is 11.8 Å². The molecule has 12 heteroatoms. The molecule has 2 aliphatic carbocycles. The van der Waals surface area contributed by atoms with E-state index in [2.05, 4.69) is 10.3 Å². The van der Waals surface area contributed by atoms with Gasteiger partial charge in [0.1, 0.15) is 28.5 Å². The Balaban J connectivity index is 1.52. The minimum absolute atomic E-state index is 0.0668. The summed E-state index contributed by atoms with van der Waals surface area (Å²) in [5, 5.41) is 13.4. The first kappa shape index (κ1) is 32.2. The van der Waals surface area contributed by atoms with Crippen molar-refractivity contribution in [3.05, 3.63) is 68.7 Å². The highest BCUT2D eigenvalue weighted by Gasteiger charge is 2.43. The summed E-state index contributed by atoms with van der Waals surface area (Å²) >= 11 is 1.26. The lowest BCUT2D eigenvalue weighted by Crippen LogP contribution is -2.56. The highest BCUT2D eigenvalue weighted by molar-refractivity contribution is 7.22. The van der Waals surface area contributed by atoms with E-state index in [1.165, 1.54) is 23.8 Å². The Bertz CT molecular complexity index is 1840. The zero-order chi connectivity index (χ0) is 32.9. The average Bonchev–Trinajstić information content (AvgIpc) is 3.78. The third kappa shape index (κ3) is 5.71. The first-order valence-corrected chi connectivity index (χ1v) is 16.7. The molecule has 3 unspecified atom stereocenters. The summed E-state index contributed by atoms with van der Waals surface area (Å²) in [6, 6.07) is 7.39. The summed E-state index contributed by atoms with van der Waals surface area (Å²) in [6.45, 7) is 8.70. The molecule has 11 nitrogen and oxygen atoms in total. The van der Waals surface area contributed by atoms with Crippen molar-refractivity contribution in [3.63, 3.8) is 0 Å². The number of aryl methyl sites for hydroxylation is 1. The molecule has 0 radical (unpaired) electrons. The van der Waals surface area contributed by atoms with Gasteiger partial charge in [-0.15, -0.1) is 11.3 Å². The van der Waals surface area contributed by atoms with Gasteiger partial charge < -0.3 is 24.3 Å². The number of carbonyl (C=O) groups is 1. The van der Waals surface area contributed by atoms with Gasteiger partial charge in [0, 0.05) is 11.6 Å². The van der Waals surface area contributed by atoms with Crippen LogP contribution in [0.1, 0.15) is 70.6 Å². The van der Waals surface area contributed by atoms with Gasteiger partial charge in [-0.05, 0) is 83.8 Å². The molecule has 1 amide bonds. The normalized spacial score (nSPS) is 22.0. The number of thiophene rings is 1. The second kappa shape index (κ2) is 12.5. The monoisotopic (exact) mass is 650 g/mol. The number of aliphatic hydroxyl groups is 1. The maximum atomic E-state index is 14.6. The molecule has 2 N–H and O–H groups in total. The van der Waals surface area contributed by atoms with Crippen LogP contribution in [0.2, 0.25) is 0 Å². The number of para-hydroxylation sites is 1. The topological polar surface area (TPSA) is 138 Å². The van der Waals surface area contributed by atoms with Crippen molar-refractivity contribution in [2.75, 3.05) is 7.11 Å². The van der Waals surface area contributed by atoms with E-state index in [-0.39, 0.29) is 24.8 Å². The number of fused-ring (bicyclic) bond motifs is 2. The fourth-order valence-electron chi connectivity index (χ4n) is 7.27. The van der Waals surface area contributed by atoms with E-state index in [4.69, 9.17) is 13.9 Å². The van der Waals surface area contributed by atoms with Crippen LogP contribution in [0, 0.1) is 18.8 Å². The summed E-state index contributed by atoms with van der Waals surface area (Å²) in [7, 11) is 1.60. The fourth-order valence-corrected chi connectivity index (χ4v) is 8.51. The quantitative estimate of drug-likeness (QED) is 0.251. The number of benzene rings is 1. The van der Waals surface area contributed by atoms with Crippen molar-refractivity contribution in [3.8, 4) is 16.5 Å². The number of nitrogens with zero attached hydrogens (tertiary/aromatic N) is 3. The van der Waals surface area contributed by atoms with E-state index in [1.807, 2.05) is 38.1 Å². The van der Waals surface area contributed by atoms with Gasteiger partial charge in [-0.3, -0.25) is 14.2 Å². The Kier molecular flexibility index (Phi) is 8.73. The number of hydrogen-bond donors (Lipinski definition) is 2. The zero-order valence-electron chi connectivity index (χ0n) is 27.1. The number of amides is 1. The summed E-state index contributed by atoms with van der Waals surface area (Å²) in [4.78, 5) is 47.7. The lowest BCUT2D eigenvalue weighted by Gasteiger charge is -2.29. The Labute approximate surface area is 271 Å². The molecule has 0 spiro atoms. The number of oxazole rings is 1. The lowest BCUT2D eigenvalue weighted by molar-refractivity contribution is -0.129. The molecule has 3 heterocycles. The van der Waals surface area contributed by atoms with Crippen LogP contribution in [-0.2, 0) is 21.6 Å². The molecular weight excluding hydrogens is 608 g/mol. The maximum absolute atomic E-state index is 14.6. The minimum Gasteiger partial charge on any atom is -0.496 e. The second-order valence-corrected chi connectivity index (χ2v) is 14.4. The molecule has 3 aromatic heterocycles. The number of hydrogen-bond acceptors (Lipinski definition) is 9. The van der Waals surface area contributed by atoms with Crippen molar-refractivity contribution < 1.29 is 23.8 Å². The number of rotatable bonds is 10. The van der Waals surface area contributed by atoms with E-state index in [0.29, 0.717) is 44.1 Å². The van der Waals surface area contributed by atoms with Crippen LogP contribution in [-0.4, -0.2) is 50.5 Å². The number of aromatic nitrogens is 3. The van der Waals surface area contributed by atoms with Gasteiger partial charge in [-0.2, -0.15) is 0 Å². The second-order valence-electron chi connectivity index (χ2n) is 13.4. The third-order valence-electron chi connectivity index (χ3n) is 9.51. The van der Waals surface area contributed by atoms with E-state index in [1.54, 1.807) is 32.4 Å². The molecule has 46 heavy (non-hydrogen) atoms. The Morgan fingerprint density at radius 3 is 2.50 bits per heavy atom. The number of methoxy groups -OCH3 is 1. The number of nitrogens with one attached hydrogen (secondary N) is 1. The first-order valence-electron chi connectivity index (χ1n) is 15.9. The highest BCUT2D eigenvalue weighted by atomic mass is 32.1. The summed E-state index contributed by atoms with van der Waals surface area (Å²) in [5.41, 5.74) is -1.28. The van der Waals surface area contributed by atoms with E-state index < -0.39 is 28.8 Å². The molecule has 0 aliphatic heterocycles. The van der Waals surface area contributed by atoms with Gasteiger partial charge in [-0.1, -0.05) is 18.2 Å². The molecule has 2 aliphatic rings. The van der Waals surface area contributed by atoms with Gasteiger partial charge in [0.25, 0.3) is 5.56 Å². The first-order chi connectivity index (χ1) is 21.9. The van der Waals surface area contributed by atoms with Crippen LogP contribution in [0.4, 0.5) is 0 Å². The molecule has 3 atom stereocenters. The van der Waals surface area contributed by atoms with Crippen LogP contribution >= 0.6 is 11.3 Å². The predicted molar refractivity (Wildman–Crippen MR) is 175 cm³/mol. The third-order valence-corrected chi connectivity index (χ3v) is 10.8. The Hall–Kier alpha value is -3.74. The molecule has 0 bridgehead atoms. The summed E-state index contributed by atoms with van der Waals surface area (Å²) in [6.07, 6.45) is 5.26. The Morgan fingerprint density at radius 2 is 1.87 bits per heavy atom. The summed E-state index contributed by atoms with van der Waals surface area (Å²) < 4.78 is 20.8. The molecule has 0 saturated heterocycles. The van der Waals surface area contributed by atoms with Crippen LogP contribution < -0.4 is 21.3 Å². The average molecular weight is 651 g/mol. The Morgan fingerprint density at radius 1 is 1.17 bits per heavy atom. The van der Waals surface area contributed by atoms with Gasteiger partial charge in [0.05, 0.1) is 42.3 Å². The van der Waals surface area contributed by atoms with Crippen molar-refractivity contribution in [1.29, 1.82) is 0 Å². The van der Waals surface area contributed by atoms with Crippen molar-refractivity contribution in [1.82, 2.24) is 19.4 Å². The predicted octanol–water partition coefficient (Wildman–Crippen LogP) is 4.76. The van der Waals surface area contributed by atoms with Crippen LogP contribution in [0.5, 0.6) is 5.75 Å². The SMILES string of the molecule is COc1ccccc1C(Cn1c(=O)n(C(C)(C)C(=O)NC(C)C)c(=O)c2c(C)c(-c3ncco3)sc21)OC1CC2CC(O)CC2C1. The number of ether oxygens (including phenoxy) is 2. The molecule has 2 saturated carbocycles. The van der Waals surface area contributed by atoms with Gasteiger partial charge >= 0.3 is 5.69 Å². The largest absolute Gasteiger partial charge is 0.496 e. The van der Waals surface area contributed by atoms with Crippen LogP contribution in [0.25, 0.3) is 21.0 Å². The standard InChI is InChI=1S/C34H42N4O7S/c1-18(2)36-32(41)34(4,5)38-30(40)27-19(3)28(29-35-11-12-44-29)46-31(27)37(33(38)42)17-26(24-9-7-8-10-25(24)43-6)45-23-15-20-13-22(39)14-21(20)16-23/h7-12,18,20-23,26,39H,13-17H2,1-6H3,(H,36,41). The number of carbonyl (C=O) groups excluding carboxylic acids is 1. The molecular formula is C34H42N4O7S. The smallest absolute Gasteiger partial charge is 0.333 e. The highest BCUT2D eigenvalue weighted by Crippen LogP contribution is 2.47. The molecule has 2 fully saturated rings. The van der Waals surface area contributed by atoms with E-state index in [0.717, 1.165) is 35.8 Å². The van der Waals surface area contributed by atoms with Gasteiger partial charge in [-0.25, -0.2) is 14.3 Å². The molecule has 1 aromatic carbocycles. The van der Waals surface area contributed by atoms with E-state index >= 15 is 0 Å². The van der Waals surface area contributed by atoms with Crippen LogP contribution in [0.3, 0.4) is 0 Å². The zero-order valence-corrected chi connectivity index (χ0v) is 27.9. The minimum atomic E-state index is -1.50. The van der Waals surface area contributed by atoms with E-state index in [9.17, 15) is 19.5 Å². The number of aliphatic hydroxyl groups excluding tert-OH is 1. The summed E-state index contributed by atoms with van der Waals surface area (Å²) in [5.74, 6) is 1.33. The molecule has 246 valence electrons. The van der Waals surface area contributed by atoms with Crippen molar-refractivity contribution >= 4 is 27.5 Å². The fraction of sp³-hybridized carbons (Fsp3) is 0.529. The molecule has 6 rings (SSSR count). The molecule has 4 aromatic rings. The van der Waals surface area contributed by atoms with Crippen molar-refractivity contribution in [2.45, 2.75) is 96.7 Å². The van der Waals surface area contributed by atoms with Gasteiger partial charge in [0.15, 0.2) is 0 Å². The van der Waals surface area contributed by atoms with Gasteiger partial charge in [0.2, 0.25) is 11.8 Å². The maximum Gasteiger partial charge on any atom is 0.333 e. The van der Waals surface area contributed by atoms with Crippen LogP contribution in [0.15, 0.2) is 50.7 Å².